The molecule has 1 aliphatic rings. The molecule has 21 heavy (non-hydrogen) atoms. The quantitative estimate of drug-likeness (QED) is 0.327. The first kappa shape index (κ1) is 16.1. The zero-order valence-electron chi connectivity index (χ0n) is 12.9. The fraction of sp³-hybridized carbons (Fsp3) is 0.556. The summed E-state index contributed by atoms with van der Waals surface area (Å²) in [5.74, 6) is 1.23. The van der Waals surface area contributed by atoms with Crippen molar-refractivity contribution in [1.82, 2.24) is 0 Å². The average molecular weight is 290 g/mol. The van der Waals surface area contributed by atoms with Crippen molar-refractivity contribution in [3.63, 3.8) is 0 Å². The minimum absolute atomic E-state index is 0.247. The van der Waals surface area contributed by atoms with Crippen molar-refractivity contribution in [2.24, 2.45) is 5.92 Å². The molecular weight excluding hydrogens is 264 g/mol. The van der Waals surface area contributed by atoms with Crippen molar-refractivity contribution in [3.05, 3.63) is 42.0 Å². The average Bonchev–Trinajstić information content (AvgIpc) is 2.52. The van der Waals surface area contributed by atoms with Crippen LogP contribution in [0.3, 0.4) is 0 Å². The van der Waals surface area contributed by atoms with Crippen LogP contribution in [0, 0.1) is 5.92 Å². The highest BCUT2D eigenvalue weighted by atomic mass is 17.1. The highest BCUT2D eigenvalue weighted by molar-refractivity contribution is 5.29. The van der Waals surface area contributed by atoms with Gasteiger partial charge in [-0.1, -0.05) is 37.6 Å². The number of benzene rings is 1. The van der Waals surface area contributed by atoms with Crippen LogP contribution in [0.4, 0.5) is 0 Å². The Morgan fingerprint density at radius 3 is 2.48 bits per heavy atom. The second kappa shape index (κ2) is 8.20. The van der Waals surface area contributed by atoms with Crippen LogP contribution in [0.2, 0.25) is 0 Å². The van der Waals surface area contributed by atoms with Gasteiger partial charge in [0.15, 0.2) is 0 Å². The molecule has 1 saturated carbocycles. The Labute approximate surface area is 127 Å². The van der Waals surface area contributed by atoms with E-state index in [1.807, 2.05) is 24.3 Å². The van der Waals surface area contributed by atoms with Gasteiger partial charge in [-0.2, -0.15) is 0 Å². The molecular formula is C18H26O3. The van der Waals surface area contributed by atoms with Gasteiger partial charge in [0.1, 0.15) is 11.9 Å². The van der Waals surface area contributed by atoms with E-state index in [0.717, 1.165) is 56.4 Å². The van der Waals surface area contributed by atoms with Crippen LogP contribution in [0.15, 0.2) is 36.4 Å². The molecule has 0 bridgehead atoms. The van der Waals surface area contributed by atoms with Crippen LogP contribution in [0.25, 0.3) is 0 Å². The first-order valence-corrected chi connectivity index (χ1v) is 7.94. The minimum atomic E-state index is -0.247. The van der Waals surface area contributed by atoms with Gasteiger partial charge in [-0.15, -0.1) is 0 Å². The molecule has 1 atom stereocenters. The molecule has 116 valence electrons. The number of hydrogen-bond acceptors (Lipinski definition) is 3. The van der Waals surface area contributed by atoms with Crippen molar-refractivity contribution in [3.8, 4) is 5.75 Å². The predicted molar refractivity (Wildman–Crippen MR) is 84.4 cm³/mol. The van der Waals surface area contributed by atoms with E-state index < -0.39 is 0 Å². The monoisotopic (exact) mass is 290 g/mol. The second-order valence-electron chi connectivity index (χ2n) is 5.88. The van der Waals surface area contributed by atoms with Gasteiger partial charge in [-0.25, -0.2) is 4.89 Å². The zero-order chi connectivity index (χ0) is 15.1. The number of unbranched alkanes of at least 4 members (excludes halogenated alkanes) is 1. The summed E-state index contributed by atoms with van der Waals surface area (Å²) in [5, 5.41) is 9.29. The van der Waals surface area contributed by atoms with Gasteiger partial charge >= 0.3 is 0 Å². The van der Waals surface area contributed by atoms with Crippen LogP contribution in [0.1, 0.15) is 57.1 Å². The van der Waals surface area contributed by atoms with Gasteiger partial charge in [0.25, 0.3) is 0 Å². The Bertz CT molecular complexity index is 428. The minimum Gasteiger partial charge on any atom is -0.494 e. The molecule has 1 N–H and O–H groups in total. The summed E-state index contributed by atoms with van der Waals surface area (Å²) in [5.41, 5.74) is 2.32. The maximum absolute atomic E-state index is 9.29. The highest BCUT2D eigenvalue weighted by Gasteiger charge is 2.27. The zero-order valence-corrected chi connectivity index (χ0v) is 12.9. The van der Waals surface area contributed by atoms with Gasteiger partial charge in [0, 0.05) is 0 Å². The van der Waals surface area contributed by atoms with Crippen molar-refractivity contribution in [2.75, 3.05) is 6.61 Å². The molecule has 0 radical (unpaired) electrons. The molecule has 0 aromatic heterocycles. The Hall–Kier alpha value is -1.32. The van der Waals surface area contributed by atoms with Gasteiger partial charge in [-0.3, -0.25) is 5.26 Å². The Balaban J connectivity index is 1.96. The summed E-state index contributed by atoms with van der Waals surface area (Å²) in [7, 11) is 0. The van der Waals surface area contributed by atoms with E-state index in [9.17, 15) is 5.26 Å². The third-order valence-corrected chi connectivity index (χ3v) is 4.25. The number of rotatable bonds is 7. The van der Waals surface area contributed by atoms with Crippen molar-refractivity contribution in [2.45, 2.75) is 51.6 Å². The van der Waals surface area contributed by atoms with Crippen molar-refractivity contribution in [1.29, 1.82) is 0 Å². The molecule has 0 saturated heterocycles. The van der Waals surface area contributed by atoms with Crippen LogP contribution in [-0.2, 0) is 4.89 Å². The molecule has 3 heteroatoms. The second-order valence-corrected chi connectivity index (χ2v) is 5.88. The SMILES string of the molecule is C=C1CCC(C(OO)c2ccc(OCCCC)cc2)CC1. The first-order chi connectivity index (χ1) is 10.2. The Morgan fingerprint density at radius 1 is 1.24 bits per heavy atom. The van der Waals surface area contributed by atoms with Gasteiger partial charge in [0.05, 0.1) is 6.61 Å². The van der Waals surface area contributed by atoms with Crippen molar-refractivity contribution >= 4 is 0 Å². The Kier molecular flexibility index (Phi) is 6.27. The van der Waals surface area contributed by atoms with E-state index in [-0.39, 0.29) is 6.10 Å². The summed E-state index contributed by atoms with van der Waals surface area (Å²) in [6, 6.07) is 7.90. The molecule has 1 aliphatic carbocycles. The molecule has 0 heterocycles. The summed E-state index contributed by atoms with van der Waals surface area (Å²) < 4.78 is 5.66. The summed E-state index contributed by atoms with van der Waals surface area (Å²) in [6.07, 6.45) is 6.06. The predicted octanol–water partition coefficient (Wildman–Crippen LogP) is 5.14. The molecule has 0 aliphatic heterocycles. The standard InChI is InChI=1S/C18H26O3/c1-3-4-13-20-17-11-9-16(10-12-17)18(21-19)15-7-5-14(2)6-8-15/h9-12,15,18-19H,2-8,13H2,1H3. The lowest BCUT2D eigenvalue weighted by atomic mass is 9.81. The third kappa shape index (κ3) is 4.58. The van der Waals surface area contributed by atoms with Gasteiger partial charge in [-0.05, 0) is 55.7 Å². The third-order valence-electron chi connectivity index (χ3n) is 4.25. The molecule has 1 aromatic carbocycles. The molecule has 0 amide bonds. The number of allylic oxidation sites excluding steroid dienone is 1. The fourth-order valence-corrected chi connectivity index (χ4v) is 2.86. The molecule has 1 fully saturated rings. The maximum atomic E-state index is 9.29. The molecule has 0 spiro atoms. The smallest absolute Gasteiger partial charge is 0.120 e. The maximum Gasteiger partial charge on any atom is 0.120 e. The van der Waals surface area contributed by atoms with E-state index in [0.29, 0.717) is 5.92 Å². The summed E-state index contributed by atoms with van der Waals surface area (Å²) in [6.45, 7) is 6.93. The van der Waals surface area contributed by atoms with Crippen molar-refractivity contribution < 1.29 is 14.9 Å². The van der Waals surface area contributed by atoms with Crippen LogP contribution in [0.5, 0.6) is 5.75 Å². The fourth-order valence-electron chi connectivity index (χ4n) is 2.86. The number of ether oxygens (including phenoxy) is 1. The first-order valence-electron chi connectivity index (χ1n) is 7.94. The van der Waals surface area contributed by atoms with E-state index in [4.69, 9.17) is 9.62 Å². The lowest BCUT2D eigenvalue weighted by molar-refractivity contribution is -0.295. The lowest BCUT2D eigenvalue weighted by Gasteiger charge is -2.29. The van der Waals surface area contributed by atoms with Crippen LogP contribution < -0.4 is 4.74 Å². The molecule has 1 unspecified atom stereocenters. The highest BCUT2D eigenvalue weighted by Crippen LogP contribution is 2.38. The van der Waals surface area contributed by atoms with E-state index in [1.165, 1.54) is 5.57 Å². The van der Waals surface area contributed by atoms with Crippen LogP contribution >= 0.6 is 0 Å². The van der Waals surface area contributed by atoms with E-state index >= 15 is 0 Å². The normalized spacial score (nSPS) is 17.7. The van der Waals surface area contributed by atoms with E-state index in [2.05, 4.69) is 13.5 Å². The molecule has 1 aromatic rings. The molecule has 2 rings (SSSR count). The summed E-state index contributed by atoms with van der Waals surface area (Å²) >= 11 is 0. The van der Waals surface area contributed by atoms with Gasteiger partial charge in [0.2, 0.25) is 0 Å². The van der Waals surface area contributed by atoms with Crippen LogP contribution in [-0.4, -0.2) is 11.9 Å². The van der Waals surface area contributed by atoms with E-state index in [1.54, 1.807) is 0 Å². The number of hydrogen-bond donors (Lipinski definition) is 1. The largest absolute Gasteiger partial charge is 0.494 e. The summed E-state index contributed by atoms with van der Waals surface area (Å²) in [4.78, 5) is 4.78. The Morgan fingerprint density at radius 2 is 1.90 bits per heavy atom. The molecule has 3 nitrogen and oxygen atoms in total. The topological polar surface area (TPSA) is 38.7 Å². The lowest BCUT2D eigenvalue weighted by Crippen LogP contribution is -2.18. The van der Waals surface area contributed by atoms with Gasteiger partial charge < -0.3 is 4.74 Å².